The number of benzene rings is 2. The average Bonchev–Trinajstić information content (AvgIpc) is 2.56. The zero-order valence-corrected chi connectivity index (χ0v) is 11.8. The molecule has 2 aromatic rings. The van der Waals surface area contributed by atoms with Crippen LogP contribution in [0.5, 0.6) is 17.2 Å². The Bertz CT molecular complexity index is 607. The molecule has 2 aromatic carbocycles. The summed E-state index contributed by atoms with van der Waals surface area (Å²) in [5.74, 6) is 1.07. The van der Waals surface area contributed by atoms with Gasteiger partial charge in [-0.1, -0.05) is 12.1 Å². The van der Waals surface area contributed by atoms with Gasteiger partial charge in [0.25, 0.3) is 0 Å². The van der Waals surface area contributed by atoms with E-state index in [0.717, 1.165) is 6.29 Å². The molecule has 0 bridgehead atoms. The van der Waals surface area contributed by atoms with Crippen molar-refractivity contribution in [3.05, 3.63) is 53.6 Å². The highest BCUT2D eigenvalue weighted by molar-refractivity contribution is 5.76. The minimum Gasteiger partial charge on any atom is -0.504 e. The molecule has 5 nitrogen and oxygen atoms in total. The van der Waals surface area contributed by atoms with Gasteiger partial charge in [-0.3, -0.25) is 9.59 Å². The normalized spacial score (nSPS) is 9.05. The van der Waals surface area contributed by atoms with E-state index in [9.17, 15) is 9.59 Å². The third-order valence-electron chi connectivity index (χ3n) is 2.57. The van der Waals surface area contributed by atoms with Crippen molar-refractivity contribution in [2.45, 2.75) is 0 Å². The van der Waals surface area contributed by atoms with Gasteiger partial charge >= 0.3 is 0 Å². The molecule has 0 aliphatic heterocycles. The predicted molar refractivity (Wildman–Crippen MR) is 78.4 cm³/mol. The minimum absolute atomic E-state index is 0.0399. The Morgan fingerprint density at radius 3 is 2.14 bits per heavy atom. The first kappa shape index (κ1) is 16.2. The summed E-state index contributed by atoms with van der Waals surface area (Å²) in [6.45, 7) is 0. The van der Waals surface area contributed by atoms with Crippen LogP contribution in [0.25, 0.3) is 0 Å². The summed E-state index contributed by atoms with van der Waals surface area (Å²) in [4.78, 5) is 20.5. The van der Waals surface area contributed by atoms with E-state index in [4.69, 9.17) is 14.6 Å². The summed E-state index contributed by atoms with van der Waals surface area (Å²) < 4.78 is 9.68. The number of rotatable bonds is 4. The van der Waals surface area contributed by atoms with Crippen LogP contribution in [0.15, 0.2) is 42.5 Å². The fourth-order valence-electron chi connectivity index (χ4n) is 1.48. The maximum atomic E-state index is 10.2. The molecule has 0 spiro atoms. The van der Waals surface area contributed by atoms with Gasteiger partial charge < -0.3 is 14.6 Å². The van der Waals surface area contributed by atoms with Gasteiger partial charge in [0.2, 0.25) is 0 Å². The lowest BCUT2D eigenvalue weighted by molar-refractivity contribution is 0.111. The Balaban J connectivity index is 0.000000211. The molecule has 110 valence electrons. The number of carbonyl (C=O) groups is 2. The van der Waals surface area contributed by atoms with Crippen molar-refractivity contribution in [2.75, 3.05) is 14.2 Å². The van der Waals surface area contributed by atoms with Crippen LogP contribution in [0, 0.1) is 0 Å². The Hall–Kier alpha value is -2.82. The molecule has 5 heteroatoms. The van der Waals surface area contributed by atoms with Crippen molar-refractivity contribution in [1.82, 2.24) is 0 Å². The lowest BCUT2D eigenvalue weighted by Crippen LogP contribution is -1.85. The summed E-state index contributed by atoms with van der Waals surface area (Å²) in [5, 5.41) is 9.09. The maximum Gasteiger partial charge on any atom is 0.161 e. The van der Waals surface area contributed by atoms with Crippen LogP contribution in [-0.2, 0) is 0 Å². The lowest BCUT2D eigenvalue weighted by atomic mass is 10.2. The Labute approximate surface area is 122 Å². The Morgan fingerprint density at radius 1 is 0.905 bits per heavy atom. The fourth-order valence-corrected chi connectivity index (χ4v) is 1.48. The molecule has 0 atom stereocenters. The van der Waals surface area contributed by atoms with Gasteiger partial charge in [-0.25, -0.2) is 0 Å². The smallest absolute Gasteiger partial charge is 0.161 e. The minimum atomic E-state index is 0.0399. The molecule has 0 aliphatic rings. The highest BCUT2D eigenvalue weighted by Crippen LogP contribution is 2.25. The first-order valence-corrected chi connectivity index (χ1v) is 6.06. The second-order valence-electron chi connectivity index (χ2n) is 3.94. The number of methoxy groups -OCH3 is 2. The zero-order valence-electron chi connectivity index (χ0n) is 11.8. The van der Waals surface area contributed by atoms with Crippen molar-refractivity contribution in [1.29, 1.82) is 0 Å². The van der Waals surface area contributed by atoms with Gasteiger partial charge in [0, 0.05) is 11.1 Å². The van der Waals surface area contributed by atoms with E-state index in [-0.39, 0.29) is 5.75 Å². The molecule has 0 aliphatic carbocycles. The zero-order chi connectivity index (χ0) is 15.7. The summed E-state index contributed by atoms with van der Waals surface area (Å²) in [5.41, 5.74) is 1.12. The molecule has 1 N–H and O–H groups in total. The number of aromatic hydroxyl groups is 1. The van der Waals surface area contributed by atoms with Crippen LogP contribution >= 0.6 is 0 Å². The predicted octanol–water partition coefficient (Wildman–Crippen LogP) is 2.72. The Kier molecular flexibility index (Phi) is 6.47. The number of ether oxygens (including phenoxy) is 2. The van der Waals surface area contributed by atoms with Crippen LogP contribution in [0.1, 0.15) is 20.7 Å². The molecule has 0 aromatic heterocycles. The number of hydrogen-bond donors (Lipinski definition) is 1. The van der Waals surface area contributed by atoms with Gasteiger partial charge in [-0.15, -0.1) is 0 Å². The average molecular weight is 288 g/mol. The lowest BCUT2D eigenvalue weighted by Gasteiger charge is -2.01. The van der Waals surface area contributed by atoms with Crippen LogP contribution in [0.4, 0.5) is 0 Å². The summed E-state index contributed by atoms with van der Waals surface area (Å²) >= 11 is 0. The molecular formula is C16H16O5. The number of hydrogen-bond acceptors (Lipinski definition) is 5. The topological polar surface area (TPSA) is 72.8 Å². The van der Waals surface area contributed by atoms with Crippen molar-refractivity contribution < 1.29 is 24.2 Å². The van der Waals surface area contributed by atoms with E-state index in [2.05, 4.69) is 0 Å². The molecule has 0 saturated heterocycles. The van der Waals surface area contributed by atoms with Crippen LogP contribution in [0.2, 0.25) is 0 Å². The first-order valence-electron chi connectivity index (χ1n) is 6.06. The number of phenolic OH excluding ortho intramolecular Hbond substituents is 1. The molecular weight excluding hydrogens is 272 g/mol. The van der Waals surface area contributed by atoms with E-state index in [1.807, 2.05) is 0 Å². The van der Waals surface area contributed by atoms with Gasteiger partial charge in [-0.05, 0) is 30.3 Å². The molecule has 0 unspecified atom stereocenters. The second kappa shape index (κ2) is 8.37. The van der Waals surface area contributed by atoms with Crippen LogP contribution in [0.3, 0.4) is 0 Å². The monoisotopic (exact) mass is 288 g/mol. The van der Waals surface area contributed by atoms with E-state index < -0.39 is 0 Å². The van der Waals surface area contributed by atoms with E-state index in [0.29, 0.717) is 28.9 Å². The van der Waals surface area contributed by atoms with Crippen molar-refractivity contribution >= 4 is 12.6 Å². The molecule has 0 fully saturated rings. The molecule has 0 heterocycles. The summed E-state index contributed by atoms with van der Waals surface area (Å²) in [6, 6.07) is 11.4. The molecule has 0 amide bonds. The fraction of sp³-hybridized carbons (Fsp3) is 0.125. The third kappa shape index (κ3) is 4.99. The quantitative estimate of drug-likeness (QED) is 0.876. The number of carbonyl (C=O) groups excluding carboxylic acids is 2. The van der Waals surface area contributed by atoms with Gasteiger partial charge in [-0.2, -0.15) is 0 Å². The van der Waals surface area contributed by atoms with E-state index in [1.54, 1.807) is 31.4 Å². The highest BCUT2D eigenvalue weighted by Gasteiger charge is 2.00. The number of phenols is 1. The van der Waals surface area contributed by atoms with Crippen molar-refractivity contribution in [3.8, 4) is 17.2 Å². The summed E-state index contributed by atoms with van der Waals surface area (Å²) in [7, 11) is 3.01. The highest BCUT2D eigenvalue weighted by atomic mass is 16.5. The van der Waals surface area contributed by atoms with Crippen molar-refractivity contribution in [2.24, 2.45) is 0 Å². The van der Waals surface area contributed by atoms with Crippen molar-refractivity contribution in [3.63, 3.8) is 0 Å². The molecule has 2 rings (SSSR count). The van der Waals surface area contributed by atoms with Gasteiger partial charge in [0.1, 0.15) is 18.3 Å². The van der Waals surface area contributed by atoms with Crippen LogP contribution in [-0.4, -0.2) is 31.9 Å². The molecule has 0 radical (unpaired) electrons. The molecule has 21 heavy (non-hydrogen) atoms. The van der Waals surface area contributed by atoms with E-state index >= 15 is 0 Å². The van der Waals surface area contributed by atoms with Gasteiger partial charge in [0.05, 0.1) is 14.2 Å². The first-order chi connectivity index (χ1) is 10.1. The Morgan fingerprint density at radius 2 is 1.57 bits per heavy atom. The van der Waals surface area contributed by atoms with E-state index in [1.165, 1.54) is 25.3 Å². The van der Waals surface area contributed by atoms with Gasteiger partial charge in [0.15, 0.2) is 11.5 Å². The number of aldehydes is 2. The second-order valence-corrected chi connectivity index (χ2v) is 3.94. The summed E-state index contributed by atoms with van der Waals surface area (Å²) in [6.07, 6.45) is 1.49. The third-order valence-corrected chi connectivity index (χ3v) is 2.57. The standard InChI is InChI=1S/C8H8O3.C8H8O2/c1-11-8-4-6(5-9)2-3-7(8)10;1-10-8-4-2-3-7(5-8)6-9/h2-5,10H,1H3;2-6H,1H3. The van der Waals surface area contributed by atoms with Crippen LogP contribution < -0.4 is 9.47 Å². The SMILES string of the molecule is COc1cc(C=O)ccc1O.COc1cccc(C=O)c1. The largest absolute Gasteiger partial charge is 0.504 e. The molecule has 0 saturated carbocycles. The maximum absolute atomic E-state index is 10.2.